The lowest BCUT2D eigenvalue weighted by Crippen LogP contribution is -2.61. The van der Waals surface area contributed by atoms with Gasteiger partial charge in [0.1, 0.15) is 5.69 Å². The minimum Gasteiger partial charge on any atom is -0.627 e. The van der Waals surface area contributed by atoms with Crippen molar-refractivity contribution in [1.29, 1.82) is 0 Å². The molecule has 0 aliphatic carbocycles. The first-order valence-corrected chi connectivity index (χ1v) is 5.45. The highest BCUT2D eigenvalue weighted by Gasteiger charge is 2.37. The van der Waals surface area contributed by atoms with Crippen LogP contribution in [-0.4, -0.2) is 11.6 Å². The van der Waals surface area contributed by atoms with Crippen LogP contribution in [0.5, 0.6) is 0 Å². The number of para-hydroxylation sites is 1. The molecule has 0 spiro atoms. The molecular formula is C13H21NO. The third-order valence-corrected chi connectivity index (χ3v) is 2.86. The topological polar surface area (TPSA) is 23.1 Å². The molecule has 15 heavy (non-hydrogen) atoms. The molecule has 0 radical (unpaired) electrons. The predicted octanol–water partition coefficient (Wildman–Crippen LogP) is 3.70. The fourth-order valence-electron chi connectivity index (χ4n) is 2.11. The normalized spacial score (nSPS) is 16.5. The lowest BCUT2D eigenvalue weighted by Gasteiger charge is -2.55. The number of rotatable bonds is 2. The van der Waals surface area contributed by atoms with Gasteiger partial charge in [-0.2, -0.15) is 0 Å². The lowest BCUT2D eigenvalue weighted by molar-refractivity contribution is 0.168. The number of hydroxylamine groups is 2. The summed E-state index contributed by atoms with van der Waals surface area (Å²) >= 11 is 0. The van der Waals surface area contributed by atoms with Crippen molar-refractivity contribution in [1.82, 2.24) is 4.65 Å². The second-order valence-corrected chi connectivity index (χ2v) is 5.26. The van der Waals surface area contributed by atoms with E-state index in [1.807, 2.05) is 65.0 Å². The SMILES string of the molecule is CC(C)[N+]([O-])(c1ccccc1)C(C)(C)C. The summed E-state index contributed by atoms with van der Waals surface area (Å²) < 4.78 is -0.284. The summed E-state index contributed by atoms with van der Waals surface area (Å²) in [6, 6.07) is 9.64. The predicted molar refractivity (Wildman–Crippen MR) is 66.5 cm³/mol. The third-order valence-electron chi connectivity index (χ3n) is 2.86. The summed E-state index contributed by atoms with van der Waals surface area (Å²) in [7, 11) is 0. The van der Waals surface area contributed by atoms with Crippen LogP contribution < -0.4 is 4.65 Å². The summed E-state index contributed by atoms with van der Waals surface area (Å²) in [4.78, 5) is 0. The van der Waals surface area contributed by atoms with Crippen molar-refractivity contribution in [2.75, 3.05) is 0 Å². The number of quaternary nitrogens is 1. The monoisotopic (exact) mass is 207 g/mol. The van der Waals surface area contributed by atoms with Crippen molar-refractivity contribution in [3.05, 3.63) is 35.5 Å². The fraction of sp³-hybridized carbons (Fsp3) is 0.538. The van der Waals surface area contributed by atoms with Gasteiger partial charge < -0.3 is 9.85 Å². The van der Waals surface area contributed by atoms with E-state index in [2.05, 4.69) is 0 Å². The molecule has 0 heterocycles. The van der Waals surface area contributed by atoms with Gasteiger partial charge in [0.25, 0.3) is 0 Å². The molecule has 0 aliphatic heterocycles. The maximum atomic E-state index is 13.0. The van der Waals surface area contributed by atoms with Crippen molar-refractivity contribution in [2.45, 2.75) is 46.2 Å². The number of hydrogen-bond donors (Lipinski definition) is 0. The average molecular weight is 207 g/mol. The van der Waals surface area contributed by atoms with E-state index in [1.165, 1.54) is 0 Å². The van der Waals surface area contributed by atoms with Gasteiger partial charge in [-0.1, -0.05) is 18.2 Å². The first-order valence-electron chi connectivity index (χ1n) is 5.45. The van der Waals surface area contributed by atoms with Gasteiger partial charge in [-0.05, 0) is 46.8 Å². The second kappa shape index (κ2) is 3.95. The Kier molecular flexibility index (Phi) is 3.22. The molecule has 0 fully saturated rings. The molecule has 1 rings (SSSR count). The zero-order chi connectivity index (χ0) is 11.7. The Hall–Kier alpha value is -0.860. The maximum Gasteiger partial charge on any atom is 0.133 e. The van der Waals surface area contributed by atoms with E-state index >= 15 is 0 Å². The molecule has 1 aromatic rings. The molecule has 0 saturated carbocycles. The largest absolute Gasteiger partial charge is 0.627 e. The Morgan fingerprint density at radius 3 is 1.87 bits per heavy atom. The minimum atomic E-state index is -0.338. The second-order valence-electron chi connectivity index (χ2n) is 5.26. The Balaban J connectivity index is 3.26. The molecule has 1 atom stereocenters. The Bertz CT molecular complexity index is 313. The molecule has 1 aromatic carbocycles. The van der Waals surface area contributed by atoms with Crippen molar-refractivity contribution in [3.63, 3.8) is 0 Å². The summed E-state index contributed by atoms with van der Waals surface area (Å²) in [6.45, 7) is 9.93. The van der Waals surface area contributed by atoms with Crippen LogP contribution in [0.3, 0.4) is 0 Å². The Morgan fingerprint density at radius 1 is 1.07 bits per heavy atom. The highest BCUT2D eigenvalue weighted by Crippen LogP contribution is 2.34. The fourth-order valence-corrected chi connectivity index (χ4v) is 2.11. The van der Waals surface area contributed by atoms with Crippen molar-refractivity contribution in [3.8, 4) is 0 Å². The molecule has 0 saturated heterocycles. The van der Waals surface area contributed by atoms with Crippen LogP contribution in [0.1, 0.15) is 34.6 Å². The van der Waals surface area contributed by atoms with Gasteiger partial charge in [0.05, 0.1) is 11.6 Å². The van der Waals surface area contributed by atoms with E-state index in [-0.39, 0.29) is 16.2 Å². The summed E-state index contributed by atoms with van der Waals surface area (Å²) in [5.74, 6) is 0. The molecule has 1 unspecified atom stereocenters. The molecule has 0 bridgehead atoms. The van der Waals surface area contributed by atoms with Gasteiger partial charge >= 0.3 is 0 Å². The quantitative estimate of drug-likeness (QED) is 0.535. The number of benzene rings is 1. The molecule has 0 aliphatic rings. The third kappa shape index (κ3) is 2.06. The Labute approximate surface area is 92.7 Å². The highest BCUT2D eigenvalue weighted by atomic mass is 16.6. The van der Waals surface area contributed by atoms with Crippen LogP contribution in [0.25, 0.3) is 0 Å². The average Bonchev–Trinajstić information content (AvgIpc) is 2.16. The van der Waals surface area contributed by atoms with E-state index < -0.39 is 0 Å². The summed E-state index contributed by atoms with van der Waals surface area (Å²) in [5, 5.41) is 13.0. The standard InChI is InChI=1S/C13H21NO/c1-11(2)14(15,13(3,4)5)12-9-7-6-8-10-12/h6-11H,1-5H3. The van der Waals surface area contributed by atoms with Crippen LogP contribution in [0, 0.1) is 5.21 Å². The van der Waals surface area contributed by atoms with Crippen LogP contribution in [-0.2, 0) is 0 Å². The van der Waals surface area contributed by atoms with E-state index in [0.29, 0.717) is 0 Å². The zero-order valence-corrected chi connectivity index (χ0v) is 10.3. The van der Waals surface area contributed by atoms with Gasteiger partial charge in [0.2, 0.25) is 0 Å². The highest BCUT2D eigenvalue weighted by molar-refractivity contribution is 5.45. The molecule has 0 amide bonds. The first-order chi connectivity index (χ1) is 6.80. The van der Waals surface area contributed by atoms with Crippen LogP contribution in [0.2, 0.25) is 0 Å². The van der Waals surface area contributed by atoms with Gasteiger partial charge in [0, 0.05) is 0 Å². The molecule has 0 aromatic heterocycles. The lowest BCUT2D eigenvalue weighted by atomic mass is 10.0. The Morgan fingerprint density at radius 2 is 1.53 bits per heavy atom. The van der Waals surface area contributed by atoms with Gasteiger partial charge in [-0.3, -0.25) is 0 Å². The minimum absolute atomic E-state index is 0.0207. The van der Waals surface area contributed by atoms with Crippen molar-refractivity contribution >= 4 is 5.69 Å². The van der Waals surface area contributed by atoms with Crippen LogP contribution in [0.4, 0.5) is 5.69 Å². The smallest absolute Gasteiger partial charge is 0.133 e. The van der Waals surface area contributed by atoms with Gasteiger partial charge in [-0.25, -0.2) is 0 Å². The summed E-state index contributed by atoms with van der Waals surface area (Å²) in [6.07, 6.45) is 0. The van der Waals surface area contributed by atoms with Gasteiger partial charge in [-0.15, -0.1) is 0 Å². The molecule has 0 N–H and O–H groups in total. The summed E-state index contributed by atoms with van der Waals surface area (Å²) in [5.41, 5.74) is 0.496. The van der Waals surface area contributed by atoms with Crippen LogP contribution in [0.15, 0.2) is 30.3 Å². The van der Waals surface area contributed by atoms with Gasteiger partial charge in [0.15, 0.2) is 0 Å². The van der Waals surface area contributed by atoms with Crippen molar-refractivity contribution < 1.29 is 0 Å². The van der Waals surface area contributed by atoms with E-state index in [0.717, 1.165) is 5.69 Å². The molecular weight excluding hydrogens is 186 g/mol. The van der Waals surface area contributed by atoms with E-state index in [9.17, 15) is 5.21 Å². The van der Waals surface area contributed by atoms with Crippen LogP contribution >= 0.6 is 0 Å². The molecule has 84 valence electrons. The first kappa shape index (κ1) is 12.2. The molecule has 2 heteroatoms. The maximum absolute atomic E-state index is 13.0. The van der Waals surface area contributed by atoms with Crippen molar-refractivity contribution in [2.24, 2.45) is 0 Å². The van der Waals surface area contributed by atoms with E-state index in [1.54, 1.807) is 0 Å². The zero-order valence-electron chi connectivity index (χ0n) is 10.3. The number of nitrogens with zero attached hydrogens (tertiary/aromatic N) is 1. The molecule has 2 nitrogen and oxygen atoms in total. The van der Waals surface area contributed by atoms with E-state index in [4.69, 9.17) is 0 Å². The number of hydrogen-bond acceptors (Lipinski definition) is 1.